The number of halogens is 1. The number of carbonyl (C=O) groups excluding carboxylic acids is 1. The van der Waals surface area contributed by atoms with Crippen molar-refractivity contribution in [1.82, 2.24) is 0 Å². The van der Waals surface area contributed by atoms with Crippen molar-refractivity contribution in [2.45, 2.75) is 12.8 Å². The summed E-state index contributed by atoms with van der Waals surface area (Å²) in [6.07, 6.45) is 2.98. The SMILES string of the molecule is O=C1CC(O)=CC=C1CC(Cl)=NO. The molecular weight excluding hydrogens is 194 g/mol. The quantitative estimate of drug-likeness (QED) is 0.406. The second-order valence-corrected chi connectivity index (χ2v) is 3.04. The number of carbonyl (C=O) groups is 1. The molecule has 0 unspecified atom stereocenters. The fraction of sp³-hybridized carbons (Fsp3) is 0.250. The summed E-state index contributed by atoms with van der Waals surface area (Å²) in [5, 5.41) is 19.9. The molecule has 0 aromatic rings. The third kappa shape index (κ3) is 2.59. The van der Waals surface area contributed by atoms with Gasteiger partial charge in [0.15, 0.2) is 5.78 Å². The zero-order valence-electron chi connectivity index (χ0n) is 6.70. The number of hydrogen-bond acceptors (Lipinski definition) is 4. The van der Waals surface area contributed by atoms with Crippen LogP contribution in [0.3, 0.4) is 0 Å². The number of hydrogen-bond donors (Lipinski definition) is 2. The number of allylic oxidation sites excluding steroid dienone is 4. The van der Waals surface area contributed by atoms with Crippen LogP contribution < -0.4 is 0 Å². The molecule has 2 N–H and O–H groups in total. The third-order valence-electron chi connectivity index (χ3n) is 1.62. The Labute approximate surface area is 79.8 Å². The Morgan fingerprint density at radius 1 is 1.62 bits per heavy atom. The predicted molar refractivity (Wildman–Crippen MR) is 48.1 cm³/mol. The van der Waals surface area contributed by atoms with E-state index in [0.29, 0.717) is 5.57 Å². The van der Waals surface area contributed by atoms with Crippen molar-refractivity contribution in [3.63, 3.8) is 0 Å². The topological polar surface area (TPSA) is 69.9 Å². The fourth-order valence-corrected chi connectivity index (χ4v) is 1.12. The summed E-state index contributed by atoms with van der Waals surface area (Å²) < 4.78 is 0. The van der Waals surface area contributed by atoms with Crippen molar-refractivity contribution in [1.29, 1.82) is 0 Å². The molecule has 1 aliphatic carbocycles. The lowest BCUT2D eigenvalue weighted by Crippen LogP contribution is -2.09. The minimum absolute atomic E-state index is 0.0125. The Kier molecular flexibility index (Phi) is 3.08. The lowest BCUT2D eigenvalue weighted by atomic mass is 10.00. The molecule has 0 bridgehead atoms. The summed E-state index contributed by atoms with van der Waals surface area (Å²) in [6.45, 7) is 0. The van der Waals surface area contributed by atoms with Crippen LogP contribution in [-0.2, 0) is 4.79 Å². The van der Waals surface area contributed by atoms with Gasteiger partial charge in [-0.3, -0.25) is 4.79 Å². The molecule has 4 nitrogen and oxygen atoms in total. The summed E-state index contributed by atoms with van der Waals surface area (Å²) in [5.74, 6) is -0.174. The maximum Gasteiger partial charge on any atom is 0.166 e. The highest BCUT2D eigenvalue weighted by Crippen LogP contribution is 2.17. The number of Topliss-reactive ketones (excluding diaryl/α,β-unsaturated/α-hetero) is 1. The molecule has 0 atom stereocenters. The molecular formula is C8H8ClNO3. The Morgan fingerprint density at radius 3 is 2.85 bits per heavy atom. The maximum atomic E-state index is 11.2. The molecule has 0 fully saturated rings. The molecule has 0 heterocycles. The highest BCUT2D eigenvalue weighted by molar-refractivity contribution is 6.65. The molecule has 0 radical (unpaired) electrons. The molecule has 0 aromatic carbocycles. The smallest absolute Gasteiger partial charge is 0.166 e. The minimum Gasteiger partial charge on any atom is -0.512 e. The second kappa shape index (κ2) is 4.09. The van der Waals surface area contributed by atoms with Crippen LogP contribution in [0.15, 0.2) is 28.6 Å². The summed E-state index contributed by atoms with van der Waals surface area (Å²) in [4.78, 5) is 11.2. The normalized spacial score (nSPS) is 18.2. The van der Waals surface area contributed by atoms with Gasteiger partial charge in [0.25, 0.3) is 0 Å². The number of oxime groups is 1. The van der Waals surface area contributed by atoms with Gasteiger partial charge in [0.05, 0.1) is 12.2 Å². The number of aliphatic hydroxyl groups excluding tert-OH is 1. The van der Waals surface area contributed by atoms with Crippen LogP contribution >= 0.6 is 11.6 Å². The zero-order chi connectivity index (χ0) is 9.84. The van der Waals surface area contributed by atoms with Crippen LogP contribution in [0, 0.1) is 0 Å². The van der Waals surface area contributed by atoms with Crippen LogP contribution in [0.25, 0.3) is 0 Å². The van der Waals surface area contributed by atoms with Crippen LogP contribution in [0.4, 0.5) is 0 Å². The fourth-order valence-electron chi connectivity index (χ4n) is 0.977. The molecule has 0 spiro atoms. The van der Waals surface area contributed by atoms with Crippen LogP contribution in [0.1, 0.15) is 12.8 Å². The second-order valence-electron chi connectivity index (χ2n) is 2.60. The van der Waals surface area contributed by atoms with Gasteiger partial charge >= 0.3 is 0 Å². The largest absolute Gasteiger partial charge is 0.512 e. The Balaban J connectivity index is 2.75. The van der Waals surface area contributed by atoms with Crippen molar-refractivity contribution in [3.05, 3.63) is 23.5 Å². The molecule has 0 aromatic heterocycles. The van der Waals surface area contributed by atoms with E-state index in [-0.39, 0.29) is 29.6 Å². The van der Waals surface area contributed by atoms with E-state index in [9.17, 15) is 4.79 Å². The molecule has 1 rings (SSSR count). The summed E-state index contributed by atoms with van der Waals surface area (Å²) in [6, 6.07) is 0. The summed E-state index contributed by atoms with van der Waals surface area (Å²) >= 11 is 5.42. The average molecular weight is 202 g/mol. The average Bonchev–Trinajstić information content (AvgIpc) is 2.09. The third-order valence-corrected chi connectivity index (χ3v) is 1.83. The maximum absolute atomic E-state index is 11.2. The van der Waals surface area contributed by atoms with Gasteiger partial charge in [0.2, 0.25) is 0 Å². The van der Waals surface area contributed by atoms with E-state index < -0.39 is 0 Å². The molecule has 70 valence electrons. The monoisotopic (exact) mass is 201 g/mol. The Morgan fingerprint density at radius 2 is 2.31 bits per heavy atom. The molecule has 0 saturated heterocycles. The predicted octanol–water partition coefficient (Wildman–Crippen LogP) is 1.74. The molecule has 0 saturated carbocycles. The first-order valence-corrected chi connectivity index (χ1v) is 3.99. The van der Waals surface area contributed by atoms with Gasteiger partial charge in [-0.2, -0.15) is 0 Å². The van der Waals surface area contributed by atoms with Crippen LogP contribution in [0.2, 0.25) is 0 Å². The van der Waals surface area contributed by atoms with Gasteiger partial charge in [-0.05, 0) is 6.08 Å². The molecule has 5 heteroatoms. The first-order valence-electron chi connectivity index (χ1n) is 3.62. The first-order chi connectivity index (χ1) is 6.13. The van der Waals surface area contributed by atoms with Crippen molar-refractivity contribution in [2.24, 2.45) is 5.16 Å². The highest BCUT2D eigenvalue weighted by atomic mass is 35.5. The molecule has 1 aliphatic rings. The van der Waals surface area contributed by atoms with Gasteiger partial charge in [0, 0.05) is 12.0 Å². The Bertz CT molecular complexity index is 317. The first kappa shape index (κ1) is 9.80. The van der Waals surface area contributed by atoms with E-state index in [2.05, 4.69) is 5.16 Å². The van der Waals surface area contributed by atoms with Crippen molar-refractivity contribution in [3.8, 4) is 0 Å². The van der Waals surface area contributed by atoms with Crippen molar-refractivity contribution in [2.75, 3.05) is 0 Å². The number of rotatable bonds is 2. The van der Waals surface area contributed by atoms with Crippen molar-refractivity contribution >= 4 is 22.6 Å². The van der Waals surface area contributed by atoms with Gasteiger partial charge in [-0.15, -0.1) is 0 Å². The Hall–Kier alpha value is -1.29. The number of aliphatic hydroxyl groups is 1. The number of ketones is 1. The zero-order valence-corrected chi connectivity index (χ0v) is 7.45. The molecule has 0 amide bonds. The molecule has 0 aliphatic heterocycles. The van der Waals surface area contributed by atoms with Gasteiger partial charge < -0.3 is 10.3 Å². The van der Waals surface area contributed by atoms with E-state index in [0.717, 1.165) is 0 Å². The lowest BCUT2D eigenvalue weighted by Gasteiger charge is -2.08. The van der Waals surface area contributed by atoms with Crippen LogP contribution in [-0.4, -0.2) is 21.3 Å². The highest BCUT2D eigenvalue weighted by Gasteiger charge is 2.16. The molecule has 13 heavy (non-hydrogen) atoms. The van der Waals surface area contributed by atoms with E-state index in [1.807, 2.05) is 0 Å². The van der Waals surface area contributed by atoms with E-state index in [1.54, 1.807) is 0 Å². The van der Waals surface area contributed by atoms with E-state index in [1.165, 1.54) is 12.2 Å². The van der Waals surface area contributed by atoms with E-state index in [4.69, 9.17) is 21.9 Å². The van der Waals surface area contributed by atoms with Gasteiger partial charge in [0.1, 0.15) is 5.17 Å². The lowest BCUT2D eigenvalue weighted by molar-refractivity contribution is -0.115. The summed E-state index contributed by atoms with van der Waals surface area (Å²) in [5.41, 5.74) is 0.431. The standard InChI is InChI=1S/C8H8ClNO3/c9-8(10-13)3-5-1-2-6(11)4-7(5)12/h1-2,11,13H,3-4H2. The minimum atomic E-state index is -0.207. The van der Waals surface area contributed by atoms with Gasteiger partial charge in [-0.25, -0.2) is 0 Å². The van der Waals surface area contributed by atoms with Gasteiger partial charge in [-0.1, -0.05) is 22.8 Å². The van der Waals surface area contributed by atoms with Crippen LogP contribution in [0.5, 0.6) is 0 Å². The summed E-state index contributed by atoms with van der Waals surface area (Å²) in [7, 11) is 0. The van der Waals surface area contributed by atoms with E-state index >= 15 is 0 Å². The number of nitrogens with zero attached hydrogens (tertiary/aromatic N) is 1. The van der Waals surface area contributed by atoms with Crippen molar-refractivity contribution < 1.29 is 15.1 Å².